The summed E-state index contributed by atoms with van der Waals surface area (Å²) < 4.78 is 36.3. The molecule has 3 unspecified atom stereocenters. The summed E-state index contributed by atoms with van der Waals surface area (Å²) in [6, 6.07) is 0. The molecule has 0 aromatic heterocycles. The maximum Gasteiger partial charge on any atom is 0.172 e. The first kappa shape index (κ1) is 23.7. The lowest BCUT2D eigenvalue weighted by Crippen LogP contribution is -2.49. The number of halogens is 2. The quantitative estimate of drug-likeness (QED) is 0.352. The number of terminal acetylenes is 1. The molecule has 1 heterocycles. The van der Waals surface area contributed by atoms with E-state index < -0.39 is 23.5 Å². The van der Waals surface area contributed by atoms with Crippen molar-refractivity contribution >= 4 is 0 Å². The van der Waals surface area contributed by atoms with Gasteiger partial charge in [-0.15, -0.1) is 6.42 Å². The zero-order valence-corrected chi connectivity index (χ0v) is 19.8. The molecule has 1 nitrogen and oxygen atoms in total. The molecule has 4 fully saturated rings. The van der Waals surface area contributed by atoms with Crippen molar-refractivity contribution in [1.29, 1.82) is 0 Å². The lowest BCUT2D eigenvalue weighted by Gasteiger charge is -2.42. The molecule has 3 saturated carbocycles. The van der Waals surface area contributed by atoms with Gasteiger partial charge >= 0.3 is 0 Å². The predicted molar refractivity (Wildman–Crippen MR) is 125 cm³/mol. The van der Waals surface area contributed by atoms with Crippen LogP contribution in [0, 0.1) is 65.6 Å². The van der Waals surface area contributed by atoms with Crippen LogP contribution in [0.2, 0.25) is 0 Å². The predicted octanol–water partition coefficient (Wildman–Crippen LogP) is 6.65. The molecule has 32 heavy (non-hydrogen) atoms. The van der Waals surface area contributed by atoms with Gasteiger partial charge in [-0.25, -0.2) is 8.78 Å². The van der Waals surface area contributed by atoms with Gasteiger partial charge in [0.15, 0.2) is 11.2 Å². The van der Waals surface area contributed by atoms with Gasteiger partial charge in [-0.05, 0) is 112 Å². The van der Waals surface area contributed by atoms with E-state index in [-0.39, 0.29) is 5.92 Å². The Morgan fingerprint density at radius 2 is 1.34 bits per heavy atom. The molecular weight excluding hydrogens is 402 g/mol. The summed E-state index contributed by atoms with van der Waals surface area (Å²) >= 11 is 0. The van der Waals surface area contributed by atoms with Gasteiger partial charge in [0.1, 0.15) is 12.3 Å². The molecule has 0 N–H and O–H groups in total. The van der Waals surface area contributed by atoms with Gasteiger partial charge < -0.3 is 4.74 Å². The topological polar surface area (TPSA) is 12.5 Å². The minimum Gasteiger partial charge on any atom is -0.343 e. The van der Waals surface area contributed by atoms with Crippen LogP contribution in [0.25, 0.3) is 0 Å². The molecule has 174 valence electrons. The first-order chi connectivity index (χ1) is 15.4. The van der Waals surface area contributed by atoms with E-state index in [1.54, 1.807) is 6.92 Å². The van der Waals surface area contributed by atoms with Crippen LogP contribution < -0.4 is 0 Å². The van der Waals surface area contributed by atoms with Crippen LogP contribution in [-0.4, -0.2) is 23.5 Å². The van der Waals surface area contributed by atoms with E-state index in [9.17, 15) is 0 Å². The van der Waals surface area contributed by atoms with Crippen molar-refractivity contribution < 1.29 is 13.5 Å². The average Bonchev–Trinajstić information content (AvgIpc) is 3.43. The van der Waals surface area contributed by atoms with Gasteiger partial charge in [-0.3, -0.25) is 0 Å². The summed E-state index contributed by atoms with van der Waals surface area (Å²) in [5, 5.41) is 0. The Kier molecular flexibility index (Phi) is 7.23. The van der Waals surface area contributed by atoms with Crippen LogP contribution in [0.15, 0.2) is 0 Å². The number of ether oxygens (including phenoxy) is 1. The molecule has 3 aliphatic carbocycles. The van der Waals surface area contributed by atoms with E-state index in [0.717, 1.165) is 30.6 Å². The molecule has 3 heteroatoms. The standard InChI is InChI=1S/C29H38F2O/c1-4-6-7-8-18-28(3)29(32-28)26(30)19-25(20-27(29)31)24-16-14-23(15-17-24)22-12-10-21(9-5-2)11-13-22/h1,21-27H,5,9-17,19-20H2,2-3H3. The van der Waals surface area contributed by atoms with Crippen LogP contribution in [0.1, 0.15) is 90.9 Å². The highest BCUT2D eigenvalue weighted by Gasteiger charge is 2.77. The summed E-state index contributed by atoms with van der Waals surface area (Å²) in [4.78, 5) is 0. The van der Waals surface area contributed by atoms with E-state index in [0.29, 0.717) is 18.8 Å². The minimum absolute atomic E-state index is 0.120. The van der Waals surface area contributed by atoms with Crippen molar-refractivity contribution in [1.82, 2.24) is 0 Å². The number of epoxide rings is 1. The molecule has 0 aromatic rings. The molecule has 4 aliphatic rings. The van der Waals surface area contributed by atoms with Crippen molar-refractivity contribution in [2.75, 3.05) is 0 Å². The van der Waals surface area contributed by atoms with Crippen LogP contribution in [0.4, 0.5) is 8.78 Å². The SMILES string of the molecule is C#CC#CC#CC1(C)OC12C(F)CC(C1CCC(C3CCC(CCC)CC3)CC1)CC2F. The smallest absolute Gasteiger partial charge is 0.172 e. The molecular formula is C29H38F2O. The fourth-order valence-corrected chi connectivity index (χ4v) is 7.38. The number of rotatable bonds is 4. The second kappa shape index (κ2) is 9.78. The maximum absolute atomic E-state index is 15.3. The highest BCUT2D eigenvalue weighted by Crippen LogP contribution is 2.60. The highest BCUT2D eigenvalue weighted by atomic mass is 19.1. The molecule has 1 saturated heterocycles. The first-order valence-electron chi connectivity index (χ1n) is 12.9. The van der Waals surface area contributed by atoms with Crippen LogP contribution in [0.3, 0.4) is 0 Å². The van der Waals surface area contributed by atoms with Gasteiger partial charge in [0.25, 0.3) is 0 Å². The Labute approximate surface area is 193 Å². The van der Waals surface area contributed by atoms with Crippen LogP contribution in [0.5, 0.6) is 0 Å². The van der Waals surface area contributed by atoms with Gasteiger partial charge in [-0.1, -0.05) is 38.5 Å². The Bertz CT molecular complexity index is 807. The molecule has 4 rings (SSSR count). The molecule has 0 bridgehead atoms. The lowest BCUT2D eigenvalue weighted by atomic mass is 9.63. The molecule has 0 aromatic carbocycles. The van der Waals surface area contributed by atoms with Crippen molar-refractivity contribution in [3.05, 3.63) is 0 Å². The third-order valence-corrected chi connectivity index (χ3v) is 9.26. The lowest BCUT2D eigenvalue weighted by molar-refractivity contribution is -0.0105. The third kappa shape index (κ3) is 4.46. The van der Waals surface area contributed by atoms with Crippen molar-refractivity contribution in [3.63, 3.8) is 0 Å². The normalized spacial score (nSPS) is 45.7. The first-order valence-corrected chi connectivity index (χ1v) is 12.9. The van der Waals surface area contributed by atoms with Gasteiger partial charge in [0, 0.05) is 0 Å². The Morgan fingerprint density at radius 1 is 0.812 bits per heavy atom. The van der Waals surface area contributed by atoms with Crippen molar-refractivity contribution in [3.8, 4) is 36.0 Å². The summed E-state index contributed by atoms with van der Waals surface area (Å²) in [6.07, 6.45) is 16.3. The molecule has 0 radical (unpaired) electrons. The van der Waals surface area contributed by atoms with Gasteiger partial charge in [-0.2, -0.15) is 0 Å². The van der Waals surface area contributed by atoms with Crippen LogP contribution >= 0.6 is 0 Å². The fourth-order valence-electron chi connectivity index (χ4n) is 7.38. The average molecular weight is 441 g/mol. The van der Waals surface area contributed by atoms with Crippen LogP contribution in [-0.2, 0) is 4.74 Å². The number of hydrogen-bond acceptors (Lipinski definition) is 1. The Morgan fingerprint density at radius 3 is 1.88 bits per heavy atom. The second-order valence-electron chi connectivity index (χ2n) is 11.0. The summed E-state index contributed by atoms with van der Waals surface area (Å²) in [5.74, 6) is 15.8. The zero-order chi connectivity index (χ0) is 22.8. The van der Waals surface area contributed by atoms with Crippen molar-refractivity contribution in [2.24, 2.45) is 29.6 Å². The Balaban J connectivity index is 1.28. The van der Waals surface area contributed by atoms with Crippen molar-refractivity contribution in [2.45, 2.75) is 114 Å². The zero-order valence-electron chi connectivity index (χ0n) is 19.8. The summed E-state index contributed by atoms with van der Waals surface area (Å²) in [6.45, 7) is 3.97. The van der Waals surface area contributed by atoms with Gasteiger partial charge in [0.2, 0.25) is 0 Å². The molecule has 0 amide bonds. The largest absolute Gasteiger partial charge is 0.343 e. The number of hydrogen-bond donors (Lipinski definition) is 0. The molecule has 1 spiro atoms. The van der Waals surface area contributed by atoms with E-state index in [2.05, 4.69) is 36.5 Å². The third-order valence-electron chi connectivity index (χ3n) is 9.26. The second-order valence-corrected chi connectivity index (χ2v) is 11.0. The molecule has 1 aliphatic heterocycles. The van der Waals surface area contributed by atoms with E-state index in [1.807, 2.05) is 0 Å². The van der Waals surface area contributed by atoms with Gasteiger partial charge in [0.05, 0.1) is 0 Å². The maximum atomic E-state index is 15.3. The van der Waals surface area contributed by atoms with E-state index in [1.165, 1.54) is 51.4 Å². The molecule has 3 atom stereocenters. The Hall–Kier alpha value is -1.50. The van der Waals surface area contributed by atoms with E-state index in [4.69, 9.17) is 11.2 Å². The number of alkyl halides is 2. The highest BCUT2D eigenvalue weighted by molar-refractivity contribution is 5.42. The van der Waals surface area contributed by atoms with E-state index >= 15 is 8.78 Å². The summed E-state index contributed by atoms with van der Waals surface area (Å²) in [7, 11) is 0. The summed E-state index contributed by atoms with van der Waals surface area (Å²) in [5.41, 5.74) is -2.52. The fraction of sp³-hybridized carbons (Fsp3) is 0.793. The minimum atomic E-state index is -1.41. The monoisotopic (exact) mass is 440 g/mol.